The summed E-state index contributed by atoms with van der Waals surface area (Å²) in [6.07, 6.45) is 11.2. The normalized spacial score (nSPS) is 16.4. The summed E-state index contributed by atoms with van der Waals surface area (Å²) in [6, 6.07) is 17.8. The topological polar surface area (TPSA) is 68.2 Å². The highest BCUT2D eigenvalue weighted by Gasteiger charge is 2.22. The van der Waals surface area contributed by atoms with Gasteiger partial charge in [-0.2, -0.15) is 0 Å². The fraction of sp³-hybridized carbons (Fsp3) is 0.259. The summed E-state index contributed by atoms with van der Waals surface area (Å²) >= 11 is 0. The molecule has 4 aromatic rings. The van der Waals surface area contributed by atoms with Crippen molar-refractivity contribution in [1.82, 2.24) is 19.9 Å². The third kappa shape index (κ3) is 5.00. The average molecular weight is 439 g/mol. The summed E-state index contributed by atoms with van der Waals surface area (Å²) in [4.78, 5) is 27.6. The van der Waals surface area contributed by atoms with Gasteiger partial charge in [-0.1, -0.05) is 24.3 Å². The lowest BCUT2D eigenvalue weighted by molar-refractivity contribution is 0.0759. The van der Waals surface area contributed by atoms with Gasteiger partial charge in [0.25, 0.3) is 5.91 Å². The van der Waals surface area contributed by atoms with Crippen LogP contribution in [-0.2, 0) is 6.42 Å². The first-order valence-electron chi connectivity index (χ1n) is 11.4. The van der Waals surface area contributed by atoms with E-state index in [9.17, 15) is 4.79 Å². The third-order valence-electron chi connectivity index (χ3n) is 6.25. The molecule has 0 bridgehead atoms. The molecule has 6 heteroatoms. The lowest BCUT2D eigenvalue weighted by atomic mass is 9.90. The fourth-order valence-electron chi connectivity index (χ4n) is 4.57. The summed E-state index contributed by atoms with van der Waals surface area (Å²) in [5.74, 6) is 1.17. The monoisotopic (exact) mass is 438 g/mol. The standard InChI is InChI=1S/C27H26N4O2/c32-26(22-7-2-9-24(18-22)33-27-29-12-4-13-30-27)31-15-3-5-20(11-16-31)17-21-6-1-8-23-19-28-14-10-25(21)23/h1-2,4,6-10,12-14,18-20H,3,5,11,15-17H2. The van der Waals surface area contributed by atoms with Gasteiger partial charge in [-0.05, 0) is 72.9 Å². The first kappa shape index (κ1) is 21.1. The maximum Gasteiger partial charge on any atom is 0.321 e. The molecule has 166 valence electrons. The van der Waals surface area contributed by atoms with Crippen molar-refractivity contribution in [3.8, 4) is 11.8 Å². The van der Waals surface area contributed by atoms with Crippen LogP contribution in [0, 0.1) is 5.92 Å². The minimum atomic E-state index is 0.0475. The van der Waals surface area contributed by atoms with Crippen LogP contribution in [0.3, 0.4) is 0 Å². The van der Waals surface area contributed by atoms with Gasteiger partial charge in [-0.25, -0.2) is 9.97 Å². The van der Waals surface area contributed by atoms with Gasteiger partial charge in [0.15, 0.2) is 0 Å². The Morgan fingerprint density at radius 2 is 1.85 bits per heavy atom. The van der Waals surface area contributed by atoms with E-state index >= 15 is 0 Å². The number of rotatable bonds is 5. The summed E-state index contributed by atoms with van der Waals surface area (Å²) in [5, 5.41) is 2.47. The largest absolute Gasteiger partial charge is 0.424 e. The van der Waals surface area contributed by atoms with E-state index in [4.69, 9.17) is 4.74 Å². The van der Waals surface area contributed by atoms with Gasteiger partial charge < -0.3 is 9.64 Å². The maximum atomic E-state index is 13.2. The molecular weight excluding hydrogens is 412 g/mol. The Balaban J connectivity index is 1.24. The van der Waals surface area contributed by atoms with Gasteiger partial charge >= 0.3 is 6.01 Å². The summed E-state index contributed by atoms with van der Waals surface area (Å²) in [5.41, 5.74) is 2.00. The molecule has 1 aliphatic rings. The quantitative estimate of drug-likeness (QED) is 0.423. The number of carbonyl (C=O) groups excluding carboxylic acids is 1. The maximum absolute atomic E-state index is 13.2. The summed E-state index contributed by atoms with van der Waals surface area (Å²) in [6.45, 7) is 1.55. The van der Waals surface area contributed by atoms with Crippen LogP contribution >= 0.6 is 0 Å². The Morgan fingerprint density at radius 3 is 2.76 bits per heavy atom. The second-order valence-corrected chi connectivity index (χ2v) is 8.47. The van der Waals surface area contributed by atoms with E-state index in [1.165, 1.54) is 16.3 Å². The number of hydrogen-bond acceptors (Lipinski definition) is 5. The Kier molecular flexibility index (Phi) is 6.24. The lowest BCUT2D eigenvalue weighted by Gasteiger charge is -2.21. The Bertz CT molecular complexity index is 1240. The van der Waals surface area contributed by atoms with E-state index in [1.807, 2.05) is 35.5 Å². The summed E-state index contributed by atoms with van der Waals surface area (Å²) in [7, 11) is 0. The van der Waals surface area contributed by atoms with E-state index in [0.717, 1.165) is 38.8 Å². The van der Waals surface area contributed by atoms with Crippen molar-refractivity contribution in [2.24, 2.45) is 5.92 Å². The van der Waals surface area contributed by atoms with Crippen LogP contribution in [0.15, 0.2) is 79.4 Å². The zero-order chi connectivity index (χ0) is 22.5. The number of likely N-dealkylation sites (tertiary alicyclic amines) is 1. The van der Waals surface area contributed by atoms with Gasteiger partial charge in [-0.3, -0.25) is 9.78 Å². The Morgan fingerprint density at radius 1 is 0.970 bits per heavy atom. The van der Waals surface area contributed by atoms with E-state index in [2.05, 4.69) is 39.2 Å². The number of amides is 1. The van der Waals surface area contributed by atoms with Crippen LogP contribution < -0.4 is 4.74 Å². The highest BCUT2D eigenvalue weighted by molar-refractivity contribution is 5.94. The number of carbonyl (C=O) groups is 1. The summed E-state index contributed by atoms with van der Waals surface area (Å²) < 4.78 is 5.70. The average Bonchev–Trinajstić information content (AvgIpc) is 3.10. The number of fused-ring (bicyclic) bond motifs is 1. The van der Waals surface area contributed by atoms with Gasteiger partial charge in [-0.15, -0.1) is 0 Å². The van der Waals surface area contributed by atoms with Gasteiger partial charge in [0.1, 0.15) is 5.75 Å². The van der Waals surface area contributed by atoms with Crippen molar-refractivity contribution in [2.45, 2.75) is 25.7 Å². The second kappa shape index (κ2) is 9.77. The van der Waals surface area contributed by atoms with Crippen molar-refractivity contribution >= 4 is 16.7 Å². The molecule has 5 rings (SSSR count). The van der Waals surface area contributed by atoms with Crippen molar-refractivity contribution in [1.29, 1.82) is 0 Å². The molecule has 3 heterocycles. The molecule has 0 N–H and O–H groups in total. The molecule has 0 spiro atoms. The van der Waals surface area contributed by atoms with Gasteiger partial charge in [0, 0.05) is 48.8 Å². The Labute approximate surface area is 193 Å². The number of benzene rings is 2. The first-order valence-corrected chi connectivity index (χ1v) is 11.4. The van der Waals surface area contributed by atoms with Crippen LogP contribution in [0.25, 0.3) is 10.8 Å². The molecule has 0 radical (unpaired) electrons. The fourth-order valence-corrected chi connectivity index (χ4v) is 4.57. The second-order valence-electron chi connectivity index (χ2n) is 8.47. The number of aromatic nitrogens is 3. The first-order chi connectivity index (χ1) is 16.3. The number of pyridine rings is 1. The number of nitrogens with zero attached hydrogens (tertiary/aromatic N) is 4. The molecule has 2 aromatic heterocycles. The zero-order valence-corrected chi connectivity index (χ0v) is 18.4. The molecule has 1 amide bonds. The SMILES string of the molecule is O=C(c1cccc(Oc2ncccn2)c1)N1CCCC(Cc2cccc3cnccc23)CC1. The van der Waals surface area contributed by atoms with Crippen molar-refractivity contribution < 1.29 is 9.53 Å². The number of ether oxygens (including phenoxy) is 1. The minimum Gasteiger partial charge on any atom is -0.424 e. The molecule has 6 nitrogen and oxygen atoms in total. The zero-order valence-electron chi connectivity index (χ0n) is 18.4. The molecule has 0 aliphatic carbocycles. The third-order valence-corrected chi connectivity index (χ3v) is 6.25. The van der Waals surface area contributed by atoms with Crippen LogP contribution in [0.2, 0.25) is 0 Å². The van der Waals surface area contributed by atoms with Crippen molar-refractivity contribution in [3.05, 3.63) is 90.5 Å². The number of hydrogen-bond donors (Lipinski definition) is 0. The molecule has 33 heavy (non-hydrogen) atoms. The highest BCUT2D eigenvalue weighted by atomic mass is 16.5. The molecule has 1 aliphatic heterocycles. The smallest absolute Gasteiger partial charge is 0.321 e. The molecule has 2 aromatic carbocycles. The van der Waals surface area contributed by atoms with Crippen LogP contribution in [0.1, 0.15) is 35.2 Å². The molecule has 1 atom stereocenters. The van der Waals surface area contributed by atoms with Crippen LogP contribution in [0.5, 0.6) is 11.8 Å². The molecule has 0 saturated carbocycles. The van der Waals surface area contributed by atoms with Crippen molar-refractivity contribution in [2.75, 3.05) is 13.1 Å². The van der Waals surface area contributed by atoms with E-state index in [1.54, 1.807) is 24.5 Å². The predicted octanol–water partition coefficient (Wildman–Crippen LogP) is 5.30. The lowest BCUT2D eigenvalue weighted by Crippen LogP contribution is -2.32. The Hall–Kier alpha value is -3.80. The molecule has 1 fully saturated rings. The predicted molar refractivity (Wildman–Crippen MR) is 127 cm³/mol. The molecule has 1 saturated heterocycles. The van der Waals surface area contributed by atoms with E-state index < -0.39 is 0 Å². The van der Waals surface area contributed by atoms with Crippen molar-refractivity contribution in [3.63, 3.8) is 0 Å². The molecular formula is C27H26N4O2. The van der Waals surface area contributed by atoms with E-state index in [0.29, 0.717) is 17.2 Å². The molecule has 1 unspecified atom stereocenters. The van der Waals surface area contributed by atoms with Crippen LogP contribution in [-0.4, -0.2) is 38.8 Å². The minimum absolute atomic E-state index is 0.0475. The highest BCUT2D eigenvalue weighted by Crippen LogP contribution is 2.27. The van der Waals surface area contributed by atoms with Gasteiger partial charge in [0.05, 0.1) is 0 Å². The van der Waals surface area contributed by atoms with E-state index in [-0.39, 0.29) is 11.9 Å². The van der Waals surface area contributed by atoms with Gasteiger partial charge in [0.2, 0.25) is 0 Å². The van der Waals surface area contributed by atoms with Crippen LogP contribution in [0.4, 0.5) is 0 Å².